The Kier molecular flexibility index (Phi) is 2.68. The number of hydrogen-bond donors (Lipinski definition) is 0. The highest BCUT2D eigenvalue weighted by Gasteiger charge is 2.29. The molecule has 1 aliphatic rings. The average molecular weight is 216 g/mol. The molecule has 1 aliphatic heterocycles. The van der Waals surface area contributed by atoms with Gasteiger partial charge in [-0.15, -0.1) is 4.99 Å². The van der Waals surface area contributed by atoms with Gasteiger partial charge in [0.1, 0.15) is 12.0 Å². The van der Waals surface area contributed by atoms with Crippen molar-refractivity contribution in [2.75, 3.05) is 0 Å². The minimum atomic E-state index is -0.300. The molecule has 0 saturated carbocycles. The number of carbonyl (C=O) groups excluding carboxylic acids is 2. The molecule has 1 aromatic heterocycles. The van der Waals surface area contributed by atoms with E-state index in [4.69, 9.17) is 4.42 Å². The van der Waals surface area contributed by atoms with Crippen molar-refractivity contribution in [2.45, 2.75) is 13.8 Å². The standard InChI is InChI=1S/C11H10N3O2/c1-7-9(4-3-5-12-7)16-11-10(15)8(2)13-6-14-11/h3-6H,1-2H3/q+1. The molecule has 0 N–H and O–H groups in total. The van der Waals surface area contributed by atoms with Gasteiger partial charge >= 0.3 is 17.4 Å². The van der Waals surface area contributed by atoms with Gasteiger partial charge in [0, 0.05) is 12.3 Å². The quantitative estimate of drug-likeness (QED) is 0.523. The van der Waals surface area contributed by atoms with Crippen molar-refractivity contribution in [3.63, 3.8) is 0 Å². The highest BCUT2D eigenvalue weighted by molar-refractivity contribution is 6.66. The summed E-state index contributed by atoms with van der Waals surface area (Å²) in [4.78, 5) is 23.3. The van der Waals surface area contributed by atoms with Crippen LogP contribution in [0.25, 0.3) is 0 Å². The first-order valence-corrected chi connectivity index (χ1v) is 4.76. The third kappa shape index (κ3) is 1.93. The number of amides is 1. The van der Waals surface area contributed by atoms with Gasteiger partial charge in [-0.1, -0.05) is 0 Å². The van der Waals surface area contributed by atoms with Crippen molar-refractivity contribution in [1.82, 2.24) is 4.98 Å². The van der Waals surface area contributed by atoms with E-state index in [2.05, 4.69) is 15.0 Å². The summed E-state index contributed by atoms with van der Waals surface area (Å²) in [5, 5.41) is 0. The van der Waals surface area contributed by atoms with Gasteiger partial charge in [-0.2, -0.15) is 4.42 Å². The number of carbonyl (C=O) groups is 1. The number of pyridine rings is 1. The minimum absolute atomic E-state index is 0.0311. The van der Waals surface area contributed by atoms with E-state index in [1.165, 1.54) is 6.34 Å². The average Bonchev–Trinajstić information content (AvgIpc) is 2.28. The first-order chi connectivity index (χ1) is 7.68. The van der Waals surface area contributed by atoms with E-state index in [9.17, 15) is 4.79 Å². The van der Waals surface area contributed by atoms with Crippen LogP contribution in [0.3, 0.4) is 0 Å². The van der Waals surface area contributed by atoms with E-state index >= 15 is 0 Å². The minimum Gasteiger partial charge on any atom is -0.275 e. The molecule has 0 saturated heterocycles. The van der Waals surface area contributed by atoms with Crippen LogP contribution in [0.4, 0.5) is 0 Å². The van der Waals surface area contributed by atoms with Crippen LogP contribution in [0, 0.1) is 6.92 Å². The number of ketones is 1. The summed E-state index contributed by atoms with van der Waals surface area (Å²) in [6.45, 7) is 3.42. The predicted octanol–water partition coefficient (Wildman–Crippen LogP) is 1.24. The highest BCUT2D eigenvalue weighted by Crippen LogP contribution is 2.14. The van der Waals surface area contributed by atoms with Crippen molar-refractivity contribution in [3.05, 3.63) is 24.0 Å². The summed E-state index contributed by atoms with van der Waals surface area (Å²) < 4.78 is 5.39. The highest BCUT2D eigenvalue weighted by atomic mass is 16.4. The second-order valence-corrected chi connectivity index (χ2v) is 3.28. The lowest BCUT2D eigenvalue weighted by atomic mass is 10.2. The second-order valence-electron chi connectivity index (χ2n) is 3.28. The van der Waals surface area contributed by atoms with Gasteiger partial charge in [-0.25, -0.2) is 4.99 Å². The van der Waals surface area contributed by atoms with Crippen molar-refractivity contribution in [3.8, 4) is 5.75 Å². The van der Waals surface area contributed by atoms with E-state index in [0.717, 1.165) is 0 Å². The molecule has 5 heteroatoms. The third-order valence-corrected chi connectivity index (χ3v) is 2.11. The summed E-state index contributed by atoms with van der Waals surface area (Å²) in [5.74, 6) is 0.257. The lowest BCUT2D eigenvalue weighted by Crippen LogP contribution is -2.24. The lowest BCUT2D eigenvalue weighted by molar-refractivity contribution is -0.367. The van der Waals surface area contributed by atoms with Crippen LogP contribution < -0.4 is 0 Å². The van der Waals surface area contributed by atoms with Crippen LogP contribution in [-0.2, 0) is 9.22 Å². The number of aryl methyl sites for hydroxylation is 1. The molecule has 1 aromatic rings. The molecular weight excluding hydrogens is 206 g/mol. The van der Waals surface area contributed by atoms with Crippen molar-refractivity contribution in [2.24, 2.45) is 9.98 Å². The lowest BCUT2D eigenvalue weighted by Gasteiger charge is -1.94. The Labute approximate surface area is 92.3 Å². The zero-order chi connectivity index (χ0) is 11.5. The molecule has 2 heterocycles. The molecule has 0 unspecified atom stereocenters. The second kappa shape index (κ2) is 4.14. The molecule has 0 aliphatic carbocycles. The van der Waals surface area contributed by atoms with Crippen LogP contribution in [-0.4, -0.2) is 28.7 Å². The Morgan fingerprint density at radius 1 is 1.31 bits per heavy atom. The summed E-state index contributed by atoms with van der Waals surface area (Å²) in [7, 11) is 0. The zero-order valence-electron chi connectivity index (χ0n) is 8.97. The van der Waals surface area contributed by atoms with Crippen LogP contribution in [0.15, 0.2) is 28.3 Å². The normalized spacial score (nSPS) is 17.8. The van der Waals surface area contributed by atoms with E-state index in [1.807, 2.05) is 0 Å². The Hall–Kier alpha value is -2.17. The molecular formula is C11H10N3O2+. The Morgan fingerprint density at radius 3 is 2.88 bits per heavy atom. The summed E-state index contributed by atoms with van der Waals surface area (Å²) >= 11 is 0. The summed E-state index contributed by atoms with van der Waals surface area (Å²) in [6, 6.07) is 3.47. The van der Waals surface area contributed by atoms with Crippen LogP contribution in [0.1, 0.15) is 12.6 Å². The number of Topliss-reactive ketones (excluding diaryl/α,β-unsaturated/α-hetero) is 1. The Morgan fingerprint density at radius 2 is 2.12 bits per heavy atom. The number of aromatic nitrogens is 1. The summed E-state index contributed by atoms with van der Waals surface area (Å²) in [6.07, 6.45) is 2.96. The molecule has 0 spiro atoms. The molecule has 0 radical (unpaired) electrons. The monoisotopic (exact) mass is 216 g/mol. The van der Waals surface area contributed by atoms with E-state index < -0.39 is 0 Å². The van der Waals surface area contributed by atoms with Crippen molar-refractivity contribution < 1.29 is 9.22 Å². The Balaban J connectivity index is 2.40. The van der Waals surface area contributed by atoms with Gasteiger partial charge in [-0.05, 0) is 19.9 Å². The first kappa shape index (κ1) is 10.4. The van der Waals surface area contributed by atoms with E-state index in [0.29, 0.717) is 17.2 Å². The topological polar surface area (TPSA) is 66.0 Å². The smallest absolute Gasteiger partial charge is 0.275 e. The van der Waals surface area contributed by atoms with Gasteiger partial charge in [0.2, 0.25) is 0 Å². The third-order valence-electron chi connectivity index (χ3n) is 2.11. The number of aliphatic imine (C=N–C) groups is 2. The summed E-state index contributed by atoms with van der Waals surface area (Å²) in [5.41, 5.74) is 1.07. The van der Waals surface area contributed by atoms with Gasteiger partial charge in [0.25, 0.3) is 0 Å². The number of nitrogens with zero attached hydrogens (tertiary/aromatic N) is 3. The number of rotatable bonds is 1. The van der Waals surface area contributed by atoms with Gasteiger partial charge in [-0.3, -0.25) is 9.78 Å². The molecule has 1 amide bonds. The van der Waals surface area contributed by atoms with Gasteiger partial charge < -0.3 is 0 Å². The molecule has 5 nitrogen and oxygen atoms in total. The maximum absolute atomic E-state index is 11.6. The first-order valence-electron chi connectivity index (χ1n) is 4.76. The maximum atomic E-state index is 11.6. The largest absolute Gasteiger partial charge is 0.504 e. The fraction of sp³-hybridized carbons (Fsp3) is 0.182. The molecule has 80 valence electrons. The van der Waals surface area contributed by atoms with Crippen LogP contribution in [0.5, 0.6) is 5.75 Å². The predicted molar refractivity (Wildman–Crippen MR) is 60.0 cm³/mol. The molecule has 0 fully saturated rings. The Bertz CT molecular complexity index is 530. The van der Waals surface area contributed by atoms with Crippen molar-refractivity contribution in [1.29, 1.82) is 0 Å². The maximum Gasteiger partial charge on any atom is 0.504 e. The fourth-order valence-electron chi connectivity index (χ4n) is 1.19. The SMILES string of the molecule is CC1=NC=NC(=[O+]c2cccnc2C)C1=O. The van der Waals surface area contributed by atoms with Crippen LogP contribution >= 0.6 is 0 Å². The van der Waals surface area contributed by atoms with Crippen LogP contribution in [0.2, 0.25) is 0 Å². The van der Waals surface area contributed by atoms with E-state index in [-0.39, 0.29) is 11.7 Å². The molecule has 16 heavy (non-hydrogen) atoms. The molecule has 0 bridgehead atoms. The molecule has 0 atom stereocenters. The van der Waals surface area contributed by atoms with Gasteiger partial charge in [0.05, 0.1) is 5.71 Å². The van der Waals surface area contributed by atoms with Gasteiger partial charge in [0.15, 0.2) is 0 Å². The zero-order valence-corrected chi connectivity index (χ0v) is 8.97. The van der Waals surface area contributed by atoms with E-state index in [1.54, 1.807) is 32.2 Å². The molecule has 2 rings (SSSR count). The molecule has 0 aromatic carbocycles. The fourth-order valence-corrected chi connectivity index (χ4v) is 1.19. The number of hydrogen-bond acceptors (Lipinski definition) is 3. The van der Waals surface area contributed by atoms with Crippen molar-refractivity contribution >= 4 is 23.7 Å².